The fraction of sp³-hybridized carbons (Fsp3) is 0.520. The van der Waals surface area contributed by atoms with Gasteiger partial charge >= 0.3 is 13.7 Å². The number of ether oxygens (including phenoxy) is 2. The van der Waals surface area contributed by atoms with E-state index >= 15 is 4.39 Å². The Morgan fingerprint density at radius 2 is 2.05 bits per heavy atom. The number of anilines is 1. The van der Waals surface area contributed by atoms with Gasteiger partial charge in [-0.15, -0.1) is 11.6 Å². The topological polar surface area (TPSA) is 150 Å². The minimum atomic E-state index is -4.34. The molecule has 3 aromatic rings. The number of alkyl halides is 2. The number of imidazole rings is 1. The van der Waals surface area contributed by atoms with Crippen LogP contribution in [0.3, 0.4) is 0 Å². The number of nitrogens with zero attached hydrogens (tertiary/aromatic N) is 5. The number of aryl methyl sites for hydroxylation is 1. The van der Waals surface area contributed by atoms with Gasteiger partial charge < -0.3 is 24.0 Å². The number of benzene rings is 1. The average molecular weight is 615 g/mol. The molecule has 1 aromatic carbocycles. The highest BCUT2D eigenvalue weighted by atomic mass is 35.5. The first-order valence-electron chi connectivity index (χ1n) is 12.8. The fourth-order valence-corrected chi connectivity index (χ4v) is 6.11. The standard InChI is InChI=1S/C25H33ClFN6O7P/c1-6-37-24(35)15(2)31-41(36,40-17-10-8-7-9-11-17)38-13-25(12-26)20(34)18(27)23(39-25)33-14-28-19-21(32(4)5)29-16(3)30-22(19)33/h7-11,14-15,18,20,23,34H,6,12-13H2,1-5H3,(H,31,36)/t15-,18+,20+,23-,25-,41+/m1/s1. The summed E-state index contributed by atoms with van der Waals surface area (Å²) in [6.07, 6.45) is -3.85. The van der Waals surface area contributed by atoms with E-state index in [0.717, 1.165) is 0 Å². The Labute approximate surface area is 241 Å². The predicted molar refractivity (Wildman–Crippen MR) is 149 cm³/mol. The van der Waals surface area contributed by atoms with Crippen LogP contribution in [0.2, 0.25) is 0 Å². The minimum Gasteiger partial charge on any atom is -0.465 e. The number of carbonyl (C=O) groups excluding carboxylic acids is 1. The Morgan fingerprint density at radius 1 is 1.34 bits per heavy atom. The molecule has 0 saturated carbocycles. The van der Waals surface area contributed by atoms with Gasteiger partial charge in [-0.3, -0.25) is 13.9 Å². The Hall–Kier alpha value is -2.87. The van der Waals surface area contributed by atoms with Gasteiger partial charge in [0.1, 0.15) is 29.3 Å². The number of hydrogen-bond acceptors (Lipinski definition) is 11. The Morgan fingerprint density at radius 3 is 2.68 bits per heavy atom. The molecule has 41 heavy (non-hydrogen) atoms. The molecule has 224 valence electrons. The van der Waals surface area contributed by atoms with Gasteiger partial charge in [0, 0.05) is 14.1 Å². The monoisotopic (exact) mass is 614 g/mol. The summed E-state index contributed by atoms with van der Waals surface area (Å²) in [6.45, 7) is 4.18. The summed E-state index contributed by atoms with van der Waals surface area (Å²) in [5, 5.41) is 13.5. The van der Waals surface area contributed by atoms with Crippen molar-refractivity contribution in [2.75, 3.05) is 38.1 Å². The molecule has 2 N–H and O–H groups in total. The number of carbonyl (C=O) groups is 1. The molecule has 13 nitrogen and oxygen atoms in total. The van der Waals surface area contributed by atoms with Crippen LogP contribution in [0, 0.1) is 6.92 Å². The smallest absolute Gasteiger partial charge is 0.459 e. The molecule has 4 rings (SSSR count). The van der Waals surface area contributed by atoms with Crippen molar-refractivity contribution in [3.8, 4) is 5.75 Å². The number of aliphatic hydroxyl groups is 1. The highest BCUT2D eigenvalue weighted by Crippen LogP contribution is 2.49. The molecular weight excluding hydrogens is 582 g/mol. The van der Waals surface area contributed by atoms with Crippen LogP contribution in [0.5, 0.6) is 5.75 Å². The summed E-state index contributed by atoms with van der Waals surface area (Å²) in [4.78, 5) is 27.1. The van der Waals surface area contributed by atoms with E-state index in [9.17, 15) is 14.5 Å². The number of nitrogens with one attached hydrogen (secondary N) is 1. The molecule has 16 heteroatoms. The van der Waals surface area contributed by atoms with Crippen LogP contribution < -0.4 is 14.5 Å². The van der Waals surface area contributed by atoms with Crippen molar-refractivity contribution in [2.24, 2.45) is 0 Å². The van der Waals surface area contributed by atoms with E-state index in [1.807, 2.05) is 0 Å². The predicted octanol–water partition coefficient (Wildman–Crippen LogP) is 3.15. The van der Waals surface area contributed by atoms with Crippen LogP contribution in [0.4, 0.5) is 10.2 Å². The summed E-state index contributed by atoms with van der Waals surface area (Å²) < 4.78 is 53.2. The van der Waals surface area contributed by atoms with Crippen LogP contribution in [-0.4, -0.2) is 87.7 Å². The number of esters is 1. The molecule has 3 heterocycles. The number of hydrogen-bond donors (Lipinski definition) is 2. The molecule has 0 spiro atoms. The highest BCUT2D eigenvalue weighted by Gasteiger charge is 2.57. The Balaban J connectivity index is 1.62. The maximum Gasteiger partial charge on any atom is 0.459 e. The number of rotatable bonds is 12. The SMILES string of the molecule is CCOC(=O)[C@@H](C)N[P@](=O)(OC[C@@]1(CCl)O[C@@H](n2cnc3c(N(C)C)nc(C)nc32)[C@@H](F)[C@@H]1O)Oc1ccccc1. The molecular formula is C25H33ClFN6O7P. The second-order valence-corrected chi connectivity index (χ2v) is 11.6. The van der Waals surface area contributed by atoms with Gasteiger partial charge in [-0.05, 0) is 32.9 Å². The average Bonchev–Trinajstić information content (AvgIpc) is 3.46. The normalized spacial score (nSPS) is 24.6. The van der Waals surface area contributed by atoms with E-state index in [1.165, 1.54) is 30.0 Å². The van der Waals surface area contributed by atoms with E-state index in [2.05, 4.69) is 20.0 Å². The van der Waals surface area contributed by atoms with Crippen LogP contribution in [0.15, 0.2) is 36.7 Å². The van der Waals surface area contributed by atoms with Crippen LogP contribution in [0.1, 0.15) is 25.9 Å². The number of halogens is 2. The highest BCUT2D eigenvalue weighted by molar-refractivity contribution is 7.52. The Bertz CT molecular complexity index is 1420. The van der Waals surface area contributed by atoms with Crippen LogP contribution >= 0.6 is 19.3 Å². The third-order valence-corrected chi connectivity index (χ3v) is 8.42. The van der Waals surface area contributed by atoms with E-state index in [-0.39, 0.29) is 18.0 Å². The molecule has 0 bridgehead atoms. The maximum absolute atomic E-state index is 15.7. The first-order valence-corrected chi connectivity index (χ1v) is 14.9. The van der Waals surface area contributed by atoms with Crippen molar-refractivity contribution < 1.29 is 37.4 Å². The van der Waals surface area contributed by atoms with E-state index in [1.54, 1.807) is 51.0 Å². The molecule has 6 atom stereocenters. The second kappa shape index (κ2) is 12.6. The minimum absolute atomic E-state index is 0.105. The van der Waals surface area contributed by atoms with Crippen molar-refractivity contribution in [3.05, 3.63) is 42.5 Å². The lowest BCUT2D eigenvalue weighted by molar-refractivity contribution is -0.144. The van der Waals surface area contributed by atoms with Crippen molar-refractivity contribution >= 4 is 42.3 Å². The van der Waals surface area contributed by atoms with Gasteiger partial charge in [-0.1, -0.05) is 18.2 Å². The third-order valence-electron chi connectivity index (χ3n) is 6.35. The Kier molecular flexibility index (Phi) is 9.52. The van der Waals surface area contributed by atoms with Gasteiger partial charge in [0.15, 0.2) is 29.4 Å². The number of aromatic nitrogens is 4. The van der Waals surface area contributed by atoms with Crippen molar-refractivity contribution in [1.82, 2.24) is 24.6 Å². The van der Waals surface area contributed by atoms with Gasteiger partial charge in [-0.25, -0.2) is 23.9 Å². The molecule has 0 amide bonds. The fourth-order valence-electron chi connectivity index (χ4n) is 4.27. The number of aliphatic hydroxyl groups excluding tert-OH is 1. The number of para-hydroxylation sites is 1. The van der Waals surface area contributed by atoms with E-state index in [0.29, 0.717) is 17.2 Å². The summed E-state index contributed by atoms with van der Waals surface area (Å²) in [7, 11) is -0.764. The van der Waals surface area contributed by atoms with E-state index < -0.39 is 56.3 Å². The van der Waals surface area contributed by atoms with Gasteiger partial charge in [-0.2, -0.15) is 5.09 Å². The zero-order valence-corrected chi connectivity index (χ0v) is 24.9. The summed E-state index contributed by atoms with van der Waals surface area (Å²) >= 11 is 6.23. The first kappa shape index (κ1) is 31.1. The molecule has 1 fully saturated rings. The molecule has 0 unspecified atom stereocenters. The lowest BCUT2D eigenvalue weighted by Gasteiger charge is -2.31. The molecule has 1 aliphatic rings. The van der Waals surface area contributed by atoms with Crippen molar-refractivity contribution in [3.63, 3.8) is 0 Å². The van der Waals surface area contributed by atoms with Crippen LogP contribution in [-0.2, 0) is 23.4 Å². The maximum atomic E-state index is 15.7. The van der Waals surface area contributed by atoms with Gasteiger partial charge in [0.25, 0.3) is 0 Å². The lowest BCUT2D eigenvalue weighted by atomic mass is 9.99. The quantitative estimate of drug-likeness (QED) is 0.175. The summed E-state index contributed by atoms with van der Waals surface area (Å²) in [5.41, 5.74) is -1.17. The molecule has 0 radical (unpaired) electrons. The number of fused-ring (bicyclic) bond motifs is 1. The van der Waals surface area contributed by atoms with Crippen molar-refractivity contribution in [2.45, 2.75) is 50.9 Å². The van der Waals surface area contributed by atoms with Crippen molar-refractivity contribution in [1.29, 1.82) is 0 Å². The largest absolute Gasteiger partial charge is 0.465 e. The summed E-state index contributed by atoms with van der Waals surface area (Å²) in [5.74, 6) is -0.0157. The lowest BCUT2D eigenvalue weighted by Crippen LogP contribution is -2.48. The zero-order chi connectivity index (χ0) is 29.9. The molecule has 0 aliphatic carbocycles. The zero-order valence-electron chi connectivity index (χ0n) is 23.2. The summed E-state index contributed by atoms with van der Waals surface area (Å²) in [6, 6.07) is 7.01. The third kappa shape index (κ3) is 6.47. The molecule has 1 saturated heterocycles. The van der Waals surface area contributed by atoms with Gasteiger partial charge in [0.2, 0.25) is 0 Å². The molecule has 2 aromatic heterocycles. The molecule has 1 aliphatic heterocycles. The van der Waals surface area contributed by atoms with Gasteiger partial charge in [0.05, 0.1) is 25.4 Å². The van der Waals surface area contributed by atoms with E-state index in [4.69, 9.17) is 30.1 Å². The van der Waals surface area contributed by atoms with Crippen LogP contribution in [0.25, 0.3) is 11.2 Å². The second-order valence-electron chi connectivity index (χ2n) is 9.69. The first-order chi connectivity index (χ1) is 19.4.